The molecule has 0 saturated carbocycles. The van der Waals surface area contributed by atoms with Gasteiger partial charge in [-0.1, -0.05) is 30.3 Å². The maximum absolute atomic E-state index is 12.7. The van der Waals surface area contributed by atoms with Gasteiger partial charge in [-0.2, -0.15) is 0 Å². The number of nitrogens with zero attached hydrogens (tertiary/aromatic N) is 2. The summed E-state index contributed by atoms with van der Waals surface area (Å²) in [5.41, 5.74) is -0.260. The number of rotatable bonds is 2. The predicted octanol–water partition coefficient (Wildman–Crippen LogP) is 2.38. The Kier molecular flexibility index (Phi) is 6.00. The zero-order valence-electron chi connectivity index (χ0n) is 17.3. The largest absolute Gasteiger partial charge is 0.445 e. The van der Waals surface area contributed by atoms with Crippen LogP contribution >= 0.6 is 0 Å². The standard InChI is InChI=1S/C21H29N3O5/c1-20(2,3)29-19(27)24-10-9-23(14-21(15-24)11-17(25)22-13-21)18(26)28-12-16-7-5-4-6-8-16/h4-8H,9-15H2,1-3H3,(H,22,25). The van der Waals surface area contributed by atoms with E-state index >= 15 is 0 Å². The molecule has 0 aliphatic carbocycles. The summed E-state index contributed by atoms with van der Waals surface area (Å²) in [6.07, 6.45) is -0.622. The van der Waals surface area contributed by atoms with Crippen LogP contribution in [0.1, 0.15) is 32.8 Å². The third-order valence-electron chi connectivity index (χ3n) is 5.00. The summed E-state index contributed by atoms with van der Waals surface area (Å²) in [5.74, 6) is -0.0753. The molecule has 2 aliphatic heterocycles. The molecule has 1 aromatic rings. The van der Waals surface area contributed by atoms with Crippen molar-refractivity contribution in [3.05, 3.63) is 35.9 Å². The Morgan fingerprint density at radius 2 is 1.69 bits per heavy atom. The molecule has 0 aromatic heterocycles. The van der Waals surface area contributed by atoms with Crippen LogP contribution in [0.25, 0.3) is 0 Å². The van der Waals surface area contributed by atoms with Crippen molar-refractivity contribution in [3.63, 3.8) is 0 Å². The molecule has 2 heterocycles. The van der Waals surface area contributed by atoms with Gasteiger partial charge in [-0.05, 0) is 26.3 Å². The van der Waals surface area contributed by atoms with Crippen molar-refractivity contribution in [1.82, 2.24) is 15.1 Å². The van der Waals surface area contributed by atoms with Gasteiger partial charge in [0.25, 0.3) is 0 Å². The Morgan fingerprint density at radius 3 is 2.24 bits per heavy atom. The van der Waals surface area contributed by atoms with Crippen LogP contribution in [0, 0.1) is 5.41 Å². The van der Waals surface area contributed by atoms with Crippen molar-refractivity contribution in [2.24, 2.45) is 5.41 Å². The fourth-order valence-electron chi connectivity index (χ4n) is 3.68. The van der Waals surface area contributed by atoms with Gasteiger partial charge in [-0.25, -0.2) is 9.59 Å². The second kappa shape index (κ2) is 8.31. The van der Waals surface area contributed by atoms with E-state index in [9.17, 15) is 14.4 Å². The lowest BCUT2D eigenvalue weighted by molar-refractivity contribution is -0.119. The third kappa shape index (κ3) is 5.62. The number of benzene rings is 1. The Labute approximate surface area is 171 Å². The first-order valence-electron chi connectivity index (χ1n) is 9.86. The van der Waals surface area contributed by atoms with Gasteiger partial charge in [0, 0.05) is 44.6 Å². The topological polar surface area (TPSA) is 88.2 Å². The molecular weight excluding hydrogens is 374 g/mol. The fraction of sp³-hybridized carbons (Fsp3) is 0.571. The Morgan fingerprint density at radius 1 is 1.07 bits per heavy atom. The van der Waals surface area contributed by atoms with E-state index in [0.29, 0.717) is 32.7 Å². The lowest BCUT2D eigenvalue weighted by Gasteiger charge is -2.33. The van der Waals surface area contributed by atoms with Crippen LogP contribution in [0.2, 0.25) is 0 Å². The molecule has 8 nitrogen and oxygen atoms in total. The number of ether oxygens (including phenoxy) is 2. The van der Waals surface area contributed by atoms with Crippen molar-refractivity contribution in [2.45, 2.75) is 39.4 Å². The van der Waals surface area contributed by atoms with Gasteiger partial charge in [0.2, 0.25) is 5.91 Å². The second-order valence-corrected chi connectivity index (χ2v) is 8.82. The summed E-state index contributed by atoms with van der Waals surface area (Å²) in [6, 6.07) is 9.46. The predicted molar refractivity (Wildman–Crippen MR) is 106 cm³/mol. The molecule has 3 amide bonds. The molecule has 0 bridgehead atoms. The Hall–Kier alpha value is -2.77. The highest BCUT2D eigenvalue weighted by Crippen LogP contribution is 2.31. The van der Waals surface area contributed by atoms with Crippen LogP contribution in [-0.2, 0) is 20.9 Å². The summed E-state index contributed by atoms with van der Waals surface area (Å²) < 4.78 is 11.0. The van der Waals surface area contributed by atoms with E-state index < -0.39 is 23.2 Å². The molecule has 1 N–H and O–H groups in total. The Bertz CT molecular complexity index is 761. The van der Waals surface area contributed by atoms with Gasteiger partial charge in [-0.3, -0.25) is 4.79 Å². The number of amides is 3. The van der Waals surface area contributed by atoms with E-state index in [1.54, 1.807) is 9.80 Å². The number of hydrogen-bond acceptors (Lipinski definition) is 5. The molecule has 1 spiro atoms. The van der Waals surface area contributed by atoms with Crippen molar-refractivity contribution in [1.29, 1.82) is 0 Å². The summed E-state index contributed by atoms with van der Waals surface area (Å²) in [6.45, 7) is 7.37. The van der Waals surface area contributed by atoms with Crippen LogP contribution in [0.5, 0.6) is 0 Å². The molecule has 158 valence electrons. The summed E-state index contributed by atoms with van der Waals surface area (Å²) >= 11 is 0. The summed E-state index contributed by atoms with van der Waals surface area (Å²) in [5, 5.41) is 2.84. The van der Waals surface area contributed by atoms with E-state index in [-0.39, 0.29) is 18.9 Å². The highest BCUT2D eigenvalue weighted by Gasteiger charge is 2.45. The monoisotopic (exact) mass is 403 g/mol. The normalized spacial score (nSPS) is 22.2. The van der Waals surface area contributed by atoms with Crippen molar-refractivity contribution in [3.8, 4) is 0 Å². The van der Waals surface area contributed by atoms with E-state index in [2.05, 4.69) is 5.32 Å². The first-order chi connectivity index (χ1) is 13.7. The molecule has 2 fully saturated rings. The van der Waals surface area contributed by atoms with Gasteiger partial charge >= 0.3 is 12.2 Å². The molecular formula is C21H29N3O5. The molecule has 0 radical (unpaired) electrons. The molecule has 2 saturated heterocycles. The number of nitrogens with one attached hydrogen (secondary N) is 1. The zero-order valence-corrected chi connectivity index (χ0v) is 17.3. The quantitative estimate of drug-likeness (QED) is 0.819. The van der Waals surface area contributed by atoms with Crippen LogP contribution < -0.4 is 5.32 Å². The Balaban J connectivity index is 1.70. The lowest BCUT2D eigenvalue weighted by Crippen LogP contribution is -2.46. The molecule has 8 heteroatoms. The molecule has 1 aromatic carbocycles. The first kappa shape index (κ1) is 21.0. The minimum atomic E-state index is -0.616. The van der Waals surface area contributed by atoms with Gasteiger partial charge in [0.05, 0.1) is 0 Å². The average Bonchev–Trinajstić information content (AvgIpc) is 2.90. The minimum absolute atomic E-state index is 0.0753. The molecule has 1 unspecified atom stereocenters. The van der Waals surface area contributed by atoms with Gasteiger partial charge in [-0.15, -0.1) is 0 Å². The zero-order chi connectivity index (χ0) is 21.1. The van der Waals surface area contributed by atoms with E-state index in [1.165, 1.54) is 0 Å². The fourth-order valence-corrected chi connectivity index (χ4v) is 3.68. The van der Waals surface area contributed by atoms with Crippen molar-refractivity contribution in [2.75, 3.05) is 32.7 Å². The molecule has 1 atom stereocenters. The maximum atomic E-state index is 12.7. The SMILES string of the molecule is CC(C)(C)OC(=O)N1CCN(C(=O)OCc2ccccc2)CC2(CNC(=O)C2)C1. The first-order valence-corrected chi connectivity index (χ1v) is 9.86. The minimum Gasteiger partial charge on any atom is -0.445 e. The summed E-state index contributed by atoms with van der Waals surface area (Å²) in [7, 11) is 0. The number of carbonyl (C=O) groups excluding carboxylic acids is 3. The lowest BCUT2D eigenvalue weighted by atomic mass is 9.86. The van der Waals surface area contributed by atoms with Gasteiger partial charge in [0.1, 0.15) is 12.2 Å². The number of carbonyl (C=O) groups is 3. The van der Waals surface area contributed by atoms with Crippen LogP contribution in [0.15, 0.2) is 30.3 Å². The van der Waals surface area contributed by atoms with Crippen LogP contribution in [0.4, 0.5) is 9.59 Å². The van der Waals surface area contributed by atoms with Crippen LogP contribution in [-0.4, -0.2) is 66.2 Å². The van der Waals surface area contributed by atoms with E-state index in [1.807, 2.05) is 51.1 Å². The second-order valence-electron chi connectivity index (χ2n) is 8.82. The van der Waals surface area contributed by atoms with E-state index in [4.69, 9.17) is 9.47 Å². The number of hydrogen-bond donors (Lipinski definition) is 1. The molecule has 2 aliphatic rings. The van der Waals surface area contributed by atoms with Crippen molar-refractivity contribution < 1.29 is 23.9 Å². The smallest absolute Gasteiger partial charge is 0.410 e. The molecule has 3 rings (SSSR count). The van der Waals surface area contributed by atoms with E-state index in [0.717, 1.165) is 5.56 Å². The average molecular weight is 403 g/mol. The van der Waals surface area contributed by atoms with Crippen LogP contribution in [0.3, 0.4) is 0 Å². The molecule has 29 heavy (non-hydrogen) atoms. The third-order valence-corrected chi connectivity index (χ3v) is 5.00. The highest BCUT2D eigenvalue weighted by atomic mass is 16.6. The van der Waals surface area contributed by atoms with Gasteiger partial charge in [0.15, 0.2) is 0 Å². The maximum Gasteiger partial charge on any atom is 0.410 e. The highest BCUT2D eigenvalue weighted by molar-refractivity contribution is 5.80. The summed E-state index contributed by atoms with van der Waals surface area (Å²) in [4.78, 5) is 40.5. The van der Waals surface area contributed by atoms with Gasteiger partial charge < -0.3 is 24.6 Å². The van der Waals surface area contributed by atoms with Crippen molar-refractivity contribution >= 4 is 18.1 Å².